The van der Waals surface area contributed by atoms with Gasteiger partial charge in [-0.05, 0) is 41.5 Å². The highest BCUT2D eigenvalue weighted by Gasteiger charge is 2.15. The van der Waals surface area contributed by atoms with E-state index in [9.17, 15) is 14.9 Å². The fraction of sp³-hybridized carbons (Fsp3) is 0.182. The van der Waals surface area contributed by atoms with Crippen molar-refractivity contribution in [3.8, 4) is 11.8 Å². The number of carbonyl (C=O) groups excluding carboxylic acids is 1. The molecule has 0 atom stereocenters. The number of hydrogen-bond acceptors (Lipinski definition) is 3. The second-order valence-corrected chi connectivity index (χ2v) is 4.29. The van der Waals surface area contributed by atoms with Crippen LogP contribution in [0.5, 0.6) is 0 Å². The first-order valence-corrected chi connectivity index (χ1v) is 5.69. The predicted molar refractivity (Wildman–Crippen MR) is 72.7 cm³/mol. The number of amides is 1. The zero-order valence-corrected chi connectivity index (χ0v) is 11.4. The minimum Gasteiger partial charge on any atom is -0.304 e. The normalized spacial score (nSPS) is 9.12. The summed E-state index contributed by atoms with van der Waals surface area (Å²) in [6.45, 7) is 1.58. The van der Waals surface area contributed by atoms with Gasteiger partial charge in [0.15, 0.2) is 0 Å². The highest BCUT2D eigenvalue weighted by atomic mass is 127. The Morgan fingerprint density at radius 1 is 1.53 bits per heavy atom. The quantitative estimate of drug-likeness (QED) is 0.358. The number of nitro groups is 1. The summed E-state index contributed by atoms with van der Waals surface area (Å²) in [6, 6.07) is 4.31. The first-order valence-electron chi connectivity index (χ1n) is 4.61. The van der Waals surface area contributed by atoms with E-state index < -0.39 is 4.92 Å². The van der Waals surface area contributed by atoms with Crippen LogP contribution in [0.25, 0.3) is 0 Å². The van der Waals surface area contributed by atoms with E-state index in [1.807, 2.05) is 22.6 Å². The lowest BCUT2D eigenvalue weighted by atomic mass is 10.2. The minimum absolute atomic E-state index is 0.000532. The van der Waals surface area contributed by atoms with Gasteiger partial charge in [-0.15, -0.1) is 0 Å². The Bertz CT molecular complexity index is 531. The predicted octanol–water partition coefficient (Wildman–Crippen LogP) is 2.19. The van der Waals surface area contributed by atoms with Gasteiger partial charge in [-0.1, -0.05) is 5.92 Å². The van der Waals surface area contributed by atoms with Crippen LogP contribution in [0.1, 0.15) is 6.92 Å². The zero-order chi connectivity index (χ0) is 13.0. The third-order valence-corrected chi connectivity index (χ3v) is 2.90. The van der Waals surface area contributed by atoms with Crippen molar-refractivity contribution in [2.45, 2.75) is 6.92 Å². The SMILES string of the molecule is CC#CC(=O)N(C)c1ccc([N+](=O)[O-])cc1I. The Morgan fingerprint density at radius 2 is 2.18 bits per heavy atom. The molecule has 0 bridgehead atoms. The smallest absolute Gasteiger partial charge is 0.302 e. The highest BCUT2D eigenvalue weighted by Crippen LogP contribution is 2.26. The average molecular weight is 344 g/mol. The van der Waals surface area contributed by atoms with E-state index in [0.717, 1.165) is 0 Å². The van der Waals surface area contributed by atoms with Crippen molar-refractivity contribution in [2.24, 2.45) is 0 Å². The van der Waals surface area contributed by atoms with Crippen molar-refractivity contribution in [1.82, 2.24) is 0 Å². The summed E-state index contributed by atoms with van der Waals surface area (Å²) >= 11 is 1.95. The van der Waals surface area contributed by atoms with E-state index in [-0.39, 0.29) is 11.6 Å². The summed E-state index contributed by atoms with van der Waals surface area (Å²) in [5.41, 5.74) is 0.601. The Morgan fingerprint density at radius 3 is 2.65 bits per heavy atom. The van der Waals surface area contributed by atoms with Crippen LogP contribution in [0, 0.1) is 25.5 Å². The minimum atomic E-state index is -0.473. The van der Waals surface area contributed by atoms with E-state index in [1.165, 1.54) is 23.1 Å². The maximum atomic E-state index is 11.5. The Kier molecular flexibility index (Phi) is 4.45. The van der Waals surface area contributed by atoms with Crippen molar-refractivity contribution < 1.29 is 9.72 Å². The van der Waals surface area contributed by atoms with Crippen LogP contribution in [0.15, 0.2) is 18.2 Å². The number of carbonyl (C=O) groups is 1. The van der Waals surface area contributed by atoms with E-state index in [4.69, 9.17) is 0 Å². The van der Waals surface area contributed by atoms with Crippen LogP contribution in [0.3, 0.4) is 0 Å². The summed E-state index contributed by atoms with van der Waals surface area (Å²) in [5.74, 6) is 4.58. The van der Waals surface area contributed by atoms with Gasteiger partial charge in [0.05, 0.1) is 10.6 Å². The lowest BCUT2D eigenvalue weighted by Gasteiger charge is -2.15. The summed E-state index contributed by atoms with van der Waals surface area (Å²) in [4.78, 5) is 23.0. The van der Waals surface area contributed by atoms with Crippen molar-refractivity contribution in [2.75, 3.05) is 11.9 Å². The molecule has 0 aliphatic rings. The molecule has 0 radical (unpaired) electrons. The Balaban J connectivity index is 3.10. The van der Waals surface area contributed by atoms with Gasteiger partial charge in [0.1, 0.15) is 0 Å². The van der Waals surface area contributed by atoms with Gasteiger partial charge in [0.25, 0.3) is 5.69 Å². The van der Waals surface area contributed by atoms with Crippen LogP contribution in [-0.4, -0.2) is 17.9 Å². The monoisotopic (exact) mass is 344 g/mol. The molecule has 6 heteroatoms. The van der Waals surface area contributed by atoms with Crippen molar-refractivity contribution in [1.29, 1.82) is 0 Å². The van der Waals surface area contributed by atoms with E-state index in [2.05, 4.69) is 11.8 Å². The molecule has 88 valence electrons. The number of halogens is 1. The van der Waals surface area contributed by atoms with Crippen LogP contribution in [0.2, 0.25) is 0 Å². The van der Waals surface area contributed by atoms with Gasteiger partial charge in [0.2, 0.25) is 0 Å². The number of non-ortho nitro benzene ring substituents is 1. The maximum absolute atomic E-state index is 11.5. The Hall–Kier alpha value is -1.62. The summed E-state index contributed by atoms with van der Waals surface area (Å²) in [6.07, 6.45) is 0. The van der Waals surface area contributed by atoms with Crippen LogP contribution in [0.4, 0.5) is 11.4 Å². The molecule has 1 aromatic carbocycles. The van der Waals surface area contributed by atoms with Gasteiger partial charge >= 0.3 is 5.91 Å². The molecule has 0 aliphatic carbocycles. The first kappa shape index (κ1) is 13.4. The van der Waals surface area contributed by atoms with Crippen molar-refractivity contribution in [3.05, 3.63) is 31.9 Å². The summed E-state index contributed by atoms with van der Waals surface area (Å²) in [7, 11) is 1.58. The molecule has 1 aromatic rings. The van der Waals surface area contributed by atoms with Gasteiger partial charge in [0, 0.05) is 22.8 Å². The largest absolute Gasteiger partial charge is 0.304 e. The number of benzene rings is 1. The molecule has 0 N–H and O–H groups in total. The molecular weight excluding hydrogens is 335 g/mol. The molecule has 0 spiro atoms. The van der Waals surface area contributed by atoms with Crippen LogP contribution < -0.4 is 4.90 Å². The summed E-state index contributed by atoms with van der Waals surface area (Å²) in [5, 5.41) is 10.6. The van der Waals surface area contributed by atoms with Gasteiger partial charge < -0.3 is 4.90 Å². The van der Waals surface area contributed by atoms with E-state index >= 15 is 0 Å². The molecule has 0 heterocycles. The molecule has 1 amide bonds. The fourth-order valence-corrected chi connectivity index (χ4v) is 2.04. The van der Waals surface area contributed by atoms with Gasteiger partial charge in [-0.25, -0.2) is 0 Å². The fourth-order valence-electron chi connectivity index (χ4n) is 1.18. The molecule has 5 nitrogen and oxygen atoms in total. The molecule has 0 unspecified atom stereocenters. The molecule has 0 aliphatic heterocycles. The number of rotatable bonds is 2. The number of hydrogen-bond donors (Lipinski definition) is 0. The molecule has 0 aromatic heterocycles. The molecule has 0 saturated heterocycles. The topological polar surface area (TPSA) is 63.5 Å². The van der Waals surface area contributed by atoms with Gasteiger partial charge in [-0.3, -0.25) is 14.9 Å². The first-order chi connectivity index (χ1) is 7.97. The molecular formula is C11H9IN2O3. The number of nitrogens with zero attached hydrogens (tertiary/aromatic N) is 2. The van der Waals surface area contributed by atoms with Crippen LogP contribution in [-0.2, 0) is 4.79 Å². The molecule has 17 heavy (non-hydrogen) atoms. The second kappa shape index (κ2) is 5.63. The second-order valence-electron chi connectivity index (χ2n) is 3.13. The highest BCUT2D eigenvalue weighted by molar-refractivity contribution is 14.1. The van der Waals surface area contributed by atoms with Crippen LogP contribution >= 0.6 is 22.6 Å². The molecule has 0 saturated carbocycles. The van der Waals surface area contributed by atoms with Crippen molar-refractivity contribution in [3.63, 3.8) is 0 Å². The van der Waals surface area contributed by atoms with Crippen molar-refractivity contribution >= 4 is 39.9 Å². The Labute approximate surface area is 112 Å². The number of nitro benzene ring substituents is 1. The van der Waals surface area contributed by atoms with E-state index in [0.29, 0.717) is 9.26 Å². The van der Waals surface area contributed by atoms with E-state index in [1.54, 1.807) is 14.0 Å². The third-order valence-electron chi connectivity index (χ3n) is 2.04. The number of anilines is 1. The maximum Gasteiger partial charge on any atom is 0.302 e. The lowest BCUT2D eigenvalue weighted by molar-refractivity contribution is -0.384. The third kappa shape index (κ3) is 3.17. The zero-order valence-electron chi connectivity index (χ0n) is 9.23. The summed E-state index contributed by atoms with van der Waals surface area (Å²) < 4.78 is 0.630. The lowest BCUT2D eigenvalue weighted by Crippen LogP contribution is -2.25. The average Bonchev–Trinajstić information content (AvgIpc) is 2.28. The standard InChI is InChI=1S/C11H9IN2O3/c1-3-4-11(15)13(2)10-6-5-8(14(16)17)7-9(10)12/h5-7H,1-2H3. The van der Waals surface area contributed by atoms with Gasteiger partial charge in [-0.2, -0.15) is 0 Å². The molecule has 0 fully saturated rings. The molecule has 1 rings (SSSR count).